The van der Waals surface area contributed by atoms with Crippen LogP contribution in [0.1, 0.15) is 41.5 Å². The molecule has 4 heteroatoms. The lowest BCUT2D eigenvalue weighted by Crippen LogP contribution is -2.46. The van der Waals surface area contributed by atoms with Crippen molar-refractivity contribution in [1.82, 2.24) is 9.88 Å². The summed E-state index contributed by atoms with van der Waals surface area (Å²) in [6.45, 7) is 3.16. The zero-order chi connectivity index (χ0) is 24.0. The van der Waals surface area contributed by atoms with E-state index >= 15 is 0 Å². The van der Waals surface area contributed by atoms with Crippen molar-refractivity contribution in [3.63, 3.8) is 0 Å². The Morgan fingerprint density at radius 2 is 1.25 bits per heavy atom. The normalized spacial score (nSPS) is 15.7. The summed E-state index contributed by atoms with van der Waals surface area (Å²) in [6.07, 6.45) is 6.80. The number of pyridine rings is 1. The first-order chi connectivity index (χ1) is 17.3. The van der Waals surface area contributed by atoms with Crippen LogP contribution in [0.2, 0.25) is 0 Å². The van der Waals surface area contributed by atoms with E-state index in [0.29, 0.717) is 0 Å². The van der Waals surface area contributed by atoms with E-state index in [4.69, 9.17) is 0 Å². The molecule has 1 N–H and O–H groups in total. The molecule has 0 radical (unpaired) electrons. The fourth-order valence-corrected chi connectivity index (χ4v) is 5.85. The van der Waals surface area contributed by atoms with Crippen molar-refractivity contribution in [2.75, 3.05) is 26.2 Å². The van der Waals surface area contributed by atoms with Crippen molar-refractivity contribution >= 4 is 12.4 Å². The largest absolute Gasteiger partial charge is 0.395 e. The molecule has 0 spiro atoms. The number of aliphatic hydroxyl groups excluding tert-OH is 1. The first kappa shape index (κ1) is 26.1. The van der Waals surface area contributed by atoms with Gasteiger partial charge < -0.3 is 10.0 Å². The maximum atomic E-state index is 10.4. The Morgan fingerprint density at radius 1 is 0.722 bits per heavy atom. The third kappa shape index (κ3) is 5.10. The minimum absolute atomic E-state index is 0. The molecule has 1 aliphatic rings. The predicted octanol–water partition coefficient (Wildman–Crippen LogP) is 6.25. The van der Waals surface area contributed by atoms with Crippen LogP contribution >= 0.6 is 12.4 Å². The molecular formula is C32H35ClN2O. The van der Waals surface area contributed by atoms with Crippen molar-refractivity contribution in [2.45, 2.75) is 30.1 Å². The van der Waals surface area contributed by atoms with Gasteiger partial charge in [-0.1, -0.05) is 97.1 Å². The van der Waals surface area contributed by atoms with Crippen LogP contribution in [-0.2, 0) is 10.8 Å². The summed E-state index contributed by atoms with van der Waals surface area (Å²) >= 11 is 0. The molecule has 0 unspecified atom stereocenters. The average molecular weight is 499 g/mol. The minimum atomic E-state index is -0.276. The van der Waals surface area contributed by atoms with E-state index in [1.54, 1.807) is 0 Å². The van der Waals surface area contributed by atoms with Gasteiger partial charge in [-0.2, -0.15) is 0 Å². The summed E-state index contributed by atoms with van der Waals surface area (Å²) in [5.74, 6) is 0. The highest BCUT2D eigenvalue weighted by molar-refractivity contribution is 5.85. The summed E-state index contributed by atoms with van der Waals surface area (Å²) in [6, 6.07) is 36.6. The van der Waals surface area contributed by atoms with E-state index in [9.17, 15) is 5.11 Å². The van der Waals surface area contributed by atoms with Gasteiger partial charge in [0.2, 0.25) is 0 Å². The molecular weight excluding hydrogens is 464 g/mol. The number of aliphatic hydroxyl groups is 1. The van der Waals surface area contributed by atoms with Crippen LogP contribution in [0.4, 0.5) is 0 Å². The Bertz CT molecular complexity index is 1080. The predicted molar refractivity (Wildman–Crippen MR) is 150 cm³/mol. The van der Waals surface area contributed by atoms with Crippen LogP contribution in [0, 0.1) is 0 Å². The molecule has 0 amide bonds. The third-order valence-corrected chi connectivity index (χ3v) is 7.99. The number of likely N-dealkylation sites (tertiary alicyclic amines) is 1. The SMILES string of the molecule is Cl.OCC1(c2ccccc2)CCN(CCC(c2ccccc2)(c2ccccc2)c2cccnc2)CC1. The van der Waals surface area contributed by atoms with Crippen LogP contribution in [-0.4, -0.2) is 41.2 Å². The topological polar surface area (TPSA) is 36.4 Å². The summed E-state index contributed by atoms with van der Waals surface area (Å²) in [5.41, 5.74) is 4.68. The van der Waals surface area contributed by atoms with Crippen LogP contribution in [0.3, 0.4) is 0 Å². The van der Waals surface area contributed by atoms with Gasteiger partial charge in [0, 0.05) is 23.2 Å². The van der Waals surface area contributed by atoms with Crippen LogP contribution in [0.5, 0.6) is 0 Å². The quantitative estimate of drug-likeness (QED) is 0.312. The zero-order valence-electron chi connectivity index (χ0n) is 20.7. The number of hydrogen-bond donors (Lipinski definition) is 1. The molecule has 0 aliphatic carbocycles. The molecule has 0 saturated carbocycles. The highest BCUT2D eigenvalue weighted by Crippen LogP contribution is 2.43. The number of rotatable bonds is 8. The van der Waals surface area contributed by atoms with Crippen molar-refractivity contribution in [3.05, 3.63) is 138 Å². The molecule has 0 bridgehead atoms. The molecule has 1 aliphatic heterocycles. The van der Waals surface area contributed by atoms with Crippen molar-refractivity contribution in [1.29, 1.82) is 0 Å². The number of piperidine rings is 1. The van der Waals surface area contributed by atoms with Gasteiger partial charge >= 0.3 is 0 Å². The highest BCUT2D eigenvalue weighted by atomic mass is 35.5. The number of aromatic nitrogens is 1. The van der Waals surface area contributed by atoms with Gasteiger partial charge in [0.25, 0.3) is 0 Å². The molecule has 3 nitrogen and oxygen atoms in total. The molecule has 0 atom stereocenters. The Kier molecular flexibility index (Phi) is 8.58. The Hall–Kier alpha value is -2.98. The monoisotopic (exact) mass is 498 g/mol. The molecule has 4 aromatic rings. The number of benzene rings is 3. The lowest BCUT2D eigenvalue weighted by molar-refractivity contribution is 0.0983. The fraction of sp³-hybridized carbons (Fsp3) is 0.281. The minimum Gasteiger partial charge on any atom is -0.395 e. The second-order valence-corrected chi connectivity index (χ2v) is 9.78. The van der Waals surface area contributed by atoms with E-state index in [0.717, 1.165) is 38.9 Å². The maximum Gasteiger partial charge on any atom is 0.0528 e. The summed E-state index contributed by atoms with van der Waals surface area (Å²) in [7, 11) is 0. The molecule has 36 heavy (non-hydrogen) atoms. The van der Waals surface area contributed by atoms with Crippen LogP contribution < -0.4 is 0 Å². The van der Waals surface area contributed by atoms with Crippen molar-refractivity contribution in [3.8, 4) is 0 Å². The standard InChI is InChI=1S/C32H34N2O.ClH/c35-26-31(27-11-4-1-5-12-27)18-22-34(23-19-31)24-20-32(28-13-6-2-7-14-28,29-15-8-3-9-16-29)30-17-10-21-33-25-30;/h1-17,21,25,35H,18-20,22-24,26H2;1H. The molecule has 2 heterocycles. The van der Waals surface area contributed by atoms with Crippen molar-refractivity contribution < 1.29 is 5.11 Å². The number of nitrogens with zero attached hydrogens (tertiary/aromatic N) is 2. The third-order valence-electron chi connectivity index (χ3n) is 7.99. The van der Waals surface area contributed by atoms with Gasteiger partial charge in [-0.25, -0.2) is 0 Å². The van der Waals surface area contributed by atoms with E-state index in [1.807, 2.05) is 18.5 Å². The van der Waals surface area contributed by atoms with Crippen molar-refractivity contribution in [2.24, 2.45) is 0 Å². The summed E-state index contributed by atoms with van der Waals surface area (Å²) in [4.78, 5) is 7.10. The second kappa shape index (κ2) is 11.8. The summed E-state index contributed by atoms with van der Waals surface area (Å²) < 4.78 is 0. The van der Waals surface area contributed by atoms with E-state index in [2.05, 4.69) is 107 Å². The van der Waals surface area contributed by atoms with E-state index in [-0.39, 0.29) is 29.8 Å². The van der Waals surface area contributed by atoms with Gasteiger partial charge in [0.05, 0.1) is 6.61 Å². The number of halogens is 1. The van der Waals surface area contributed by atoms with Gasteiger partial charge in [0.1, 0.15) is 0 Å². The fourth-order valence-electron chi connectivity index (χ4n) is 5.85. The van der Waals surface area contributed by atoms with E-state index in [1.165, 1.54) is 22.3 Å². The zero-order valence-corrected chi connectivity index (χ0v) is 21.5. The molecule has 1 saturated heterocycles. The second-order valence-electron chi connectivity index (χ2n) is 9.78. The Morgan fingerprint density at radius 3 is 1.75 bits per heavy atom. The van der Waals surface area contributed by atoms with Gasteiger partial charge in [-0.3, -0.25) is 4.98 Å². The average Bonchev–Trinajstić information content (AvgIpc) is 2.96. The lowest BCUT2D eigenvalue weighted by atomic mass is 9.67. The first-order valence-corrected chi connectivity index (χ1v) is 12.7. The van der Waals surface area contributed by atoms with Gasteiger partial charge in [-0.05, 0) is 67.2 Å². The first-order valence-electron chi connectivity index (χ1n) is 12.7. The van der Waals surface area contributed by atoms with E-state index < -0.39 is 0 Å². The Balaban J connectivity index is 0.00000304. The highest BCUT2D eigenvalue weighted by Gasteiger charge is 2.39. The molecule has 3 aromatic carbocycles. The molecule has 186 valence electrons. The molecule has 1 fully saturated rings. The van der Waals surface area contributed by atoms with Gasteiger partial charge in [-0.15, -0.1) is 12.4 Å². The number of hydrogen-bond acceptors (Lipinski definition) is 3. The van der Waals surface area contributed by atoms with Gasteiger partial charge in [0.15, 0.2) is 0 Å². The summed E-state index contributed by atoms with van der Waals surface area (Å²) in [5, 5.41) is 10.4. The molecule has 5 rings (SSSR count). The maximum absolute atomic E-state index is 10.4. The molecule has 1 aromatic heterocycles. The Labute approximate surface area is 221 Å². The van der Waals surface area contributed by atoms with Crippen LogP contribution in [0.25, 0.3) is 0 Å². The lowest BCUT2D eigenvalue weighted by Gasteiger charge is -2.43. The van der Waals surface area contributed by atoms with Crippen LogP contribution in [0.15, 0.2) is 116 Å². The smallest absolute Gasteiger partial charge is 0.0528 e.